The van der Waals surface area contributed by atoms with Crippen molar-refractivity contribution in [3.05, 3.63) is 34.6 Å². The van der Waals surface area contributed by atoms with E-state index in [1.807, 2.05) is 18.2 Å². The first-order valence-electron chi connectivity index (χ1n) is 6.53. The molecule has 1 fully saturated rings. The Hall–Kier alpha value is -1.79. The second kappa shape index (κ2) is 5.07. The van der Waals surface area contributed by atoms with Crippen LogP contribution in [-0.4, -0.2) is 45.6 Å². The number of hydrogen-bond acceptors (Lipinski definition) is 5. The van der Waals surface area contributed by atoms with Gasteiger partial charge in [-0.2, -0.15) is 4.68 Å². The molecule has 0 bridgehead atoms. The van der Waals surface area contributed by atoms with Crippen LogP contribution in [0.2, 0.25) is 0 Å². The molecule has 0 saturated carbocycles. The Labute approximate surface area is 111 Å². The van der Waals surface area contributed by atoms with Crippen LogP contribution in [0, 0.1) is 0 Å². The molecule has 1 aromatic carbocycles. The number of hydrogen-bond donors (Lipinski definition) is 1. The summed E-state index contributed by atoms with van der Waals surface area (Å²) in [4.78, 5) is 14.6. The van der Waals surface area contributed by atoms with Crippen LogP contribution in [0.3, 0.4) is 0 Å². The smallest absolute Gasteiger partial charge is 0.278 e. The summed E-state index contributed by atoms with van der Waals surface area (Å²) in [6.07, 6.45) is 0. The molecule has 1 aliphatic rings. The Morgan fingerprint density at radius 2 is 2.26 bits per heavy atom. The maximum Gasteiger partial charge on any atom is 0.278 e. The molecule has 0 aliphatic carbocycles. The minimum absolute atomic E-state index is 0.0728. The Kier molecular flexibility index (Phi) is 3.27. The highest BCUT2D eigenvalue weighted by atomic mass is 16.1. The highest BCUT2D eigenvalue weighted by molar-refractivity contribution is 5.76. The topological polar surface area (TPSA) is 63.1 Å². The second-order valence-electron chi connectivity index (χ2n) is 4.92. The highest BCUT2D eigenvalue weighted by Crippen LogP contribution is 2.06. The summed E-state index contributed by atoms with van der Waals surface area (Å²) in [6, 6.07) is 7.71. The standard InChI is InChI=1S/C13H17N5O/c1-10-8-14-6-7-17(10)9-18-13(19)11-4-2-3-5-12(11)15-16-18/h2-5,10,14H,6-9H2,1H3/t10-/m1/s1. The molecule has 1 N–H and O–H groups in total. The number of aromatic nitrogens is 3. The molecule has 6 nitrogen and oxygen atoms in total. The van der Waals surface area contributed by atoms with Crippen molar-refractivity contribution < 1.29 is 0 Å². The molecule has 2 aromatic rings. The maximum atomic E-state index is 12.3. The fourth-order valence-corrected chi connectivity index (χ4v) is 2.38. The third-order valence-electron chi connectivity index (χ3n) is 3.58. The van der Waals surface area contributed by atoms with Crippen LogP contribution < -0.4 is 10.9 Å². The average Bonchev–Trinajstić information content (AvgIpc) is 2.44. The Morgan fingerprint density at radius 1 is 1.42 bits per heavy atom. The molecule has 0 unspecified atom stereocenters. The van der Waals surface area contributed by atoms with Crippen LogP contribution in [0.25, 0.3) is 10.9 Å². The lowest BCUT2D eigenvalue weighted by atomic mass is 10.2. The van der Waals surface area contributed by atoms with E-state index in [-0.39, 0.29) is 5.56 Å². The van der Waals surface area contributed by atoms with Gasteiger partial charge in [0.05, 0.1) is 12.1 Å². The fourth-order valence-electron chi connectivity index (χ4n) is 2.38. The molecule has 0 radical (unpaired) electrons. The van der Waals surface area contributed by atoms with Gasteiger partial charge in [0.25, 0.3) is 5.56 Å². The van der Waals surface area contributed by atoms with Crippen molar-refractivity contribution in [2.75, 3.05) is 19.6 Å². The number of nitrogens with one attached hydrogen (secondary N) is 1. The van der Waals surface area contributed by atoms with E-state index in [0.717, 1.165) is 19.6 Å². The predicted molar refractivity (Wildman–Crippen MR) is 72.8 cm³/mol. The van der Waals surface area contributed by atoms with E-state index < -0.39 is 0 Å². The molecule has 0 amide bonds. The van der Waals surface area contributed by atoms with Gasteiger partial charge in [-0.3, -0.25) is 9.69 Å². The Bertz CT molecular complexity index is 638. The van der Waals surface area contributed by atoms with Crippen molar-refractivity contribution in [2.24, 2.45) is 0 Å². The van der Waals surface area contributed by atoms with Crippen LogP contribution in [-0.2, 0) is 6.67 Å². The lowest BCUT2D eigenvalue weighted by molar-refractivity contribution is 0.122. The summed E-state index contributed by atoms with van der Waals surface area (Å²) in [5, 5.41) is 12.1. The fraction of sp³-hybridized carbons (Fsp3) is 0.462. The normalized spacial score (nSPS) is 20.8. The molecule has 6 heteroatoms. The molecule has 1 aromatic heterocycles. The van der Waals surface area contributed by atoms with Crippen molar-refractivity contribution in [1.82, 2.24) is 25.2 Å². The van der Waals surface area contributed by atoms with E-state index in [4.69, 9.17) is 0 Å². The quantitative estimate of drug-likeness (QED) is 0.825. The van der Waals surface area contributed by atoms with Gasteiger partial charge in [0.15, 0.2) is 0 Å². The maximum absolute atomic E-state index is 12.3. The highest BCUT2D eigenvalue weighted by Gasteiger charge is 2.19. The molecular formula is C13H17N5O. The number of benzene rings is 1. The second-order valence-corrected chi connectivity index (χ2v) is 4.92. The molecule has 19 heavy (non-hydrogen) atoms. The summed E-state index contributed by atoms with van der Waals surface area (Å²) < 4.78 is 1.45. The van der Waals surface area contributed by atoms with E-state index in [2.05, 4.69) is 27.5 Å². The van der Waals surface area contributed by atoms with Crippen LogP contribution in [0.1, 0.15) is 6.92 Å². The first kappa shape index (κ1) is 12.3. The third kappa shape index (κ3) is 2.36. The summed E-state index contributed by atoms with van der Waals surface area (Å²) in [7, 11) is 0. The van der Waals surface area contributed by atoms with Crippen molar-refractivity contribution >= 4 is 10.9 Å². The van der Waals surface area contributed by atoms with Gasteiger partial charge >= 0.3 is 0 Å². The van der Waals surface area contributed by atoms with Gasteiger partial charge in [0, 0.05) is 25.7 Å². The van der Waals surface area contributed by atoms with E-state index >= 15 is 0 Å². The Balaban J connectivity index is 1.93. The van der Waals surface area contributed by atoms with E-state index in [0.29, 0.717) is 23.6 Å². The number of piperazine rings is 1. The Morgan fingerprint density at radius 3 is 3.11 bits per heavy atom. The SMILES string of the molecule is C[C@@H]1CNCCN1Cn1nnc2ccccc2c1=O. The molecule has 0 spiro atoms. The largest absolute Gasteiger partial charge is 0.314 e. The van der Waals surface area contributed by atoms with E-state index in [9.17, 15) is 4.79 Å². The number of rotatable bonds is 2. The van der Waals surface area contributed by atoms with Gasteiger partial charge in [-0.25, -0.2) is 0 Å². The summed E-state index contributed by atoms with van der Waals surface area (Å²) in [6.45, 7) is 5.45. The zero-order chi connectivity index (χ0) is 13.2. The lowest BCUT2D eigenvalue weighted by Crippen LogP contribution is -2.51. The first-order chi connectivity index (χ1) is 9.25. The van der Waals surface area contributed by atoms with Crippen molar-refractivity contribution in [3.8, 4) is 0 Å². The minimum atomic E-state index is -0.0728. The molecule has 1 aliphatic heterocycles. The molecule has 100 valence electrons. The molecular weight excluding hydrogens is 242 g/mol. The summed E-state index contributed by atoms with van der Waals surface area (Å²) in [5.41, 5.74) is 0.577. The predicted octanol–water partition coefficient (Wildman–Crippen LogP) is 0.0427. The van der Waals surface area contributed by atoms with E-state index in [1.54, 1.807) is 6.07 Å². The van der Waals surface area contributed by atoms with E-state index in [1.165, 1.54) is 4.68 Å². The number of nitrogens with zero attached hydrogens (tertiary/aromatic N) is 4. The van der Waals surface area contributed by atoms with Crippen LogP contribution in [0.15, 0.2) is 29.1 Å². The molecule has 2 heterocycles. The number of fused-ring (bicyclic) bond motifs is 1. The van der Waals surface area contributed by atoms with Gasteiger partial charge < -0.3 is 5.32 Å². The van der Waals surface area contributed by atoms with Crippen molar-refractivity contribution in [3.63, 3.8) is 0 Å². The zero-order valence-corrected chi connectivity index (χ0v) is 10.9. The molecule has 1 saturated heterocycles. The molecule has 1 atom stereocenters. The summed E-state index contributed by atoms with van der Waals surface area (Å²) >= 11 is 0. The van der Waals surface area contributed by atoms with Gasteiger partial charge in [0.1, 0.15) is 5.52 Å². The third-order valence-corrected chi connectivity index (χ3v) is 3.58. The van der Waals surface area contributed by atoms with Crippen LogP contribution in [0.5, 0.6) is 0 Å². The monoisotopic (exact) mass is 259 g/mol. The first-order valence-corrected chi connectivity index (χ1v) is 6.53. The van der Waals surface area contributed by atoms with Gasteiger partial charge in [-0.15, -0.1) is 5.10 Å². The summed E-state index contributed by atoms with van der Waals surface area (Å²) in [5.74, 6) is 0. The minimum Gasteiger partial charge on any atom is -0.314 e. The van der Waals surface area contributed by atoms with Gasteiger partial charge in [0.2, 0.25) is 0 Å². The van der Waals surface area contributed by atoms with Gasteiger partial charge in [-0.1, -0.05) is 17.3 Å². The lowest BCUT2D eigenvalue weighted by Gasteiger charge is -2.33. The van der Waals surface area contributed by atoms with Crippen molar-refractivity contribution in [2.45, 2.75) is 19.6 Å². The zero-order valence-electron chi connectivity index (χ0n) is 10.9. The van der Waals surface area contributed by atoms with Crippen LogP contribution >= 0.6 is 0 Å². The van der Waals surface area contributed by atoms with Crippen LogP contribution in [0.4, 0.5) is 0 Å². The molecule has 3 rings (SSSR count). The van der Waals surface area contributed by atoms with Crippen molar-refractivity contribution in [1.29, 1.82) is 0 Å². The average molecular weight is 259 g/mol. The van der Waals surface area contributed by atoms with Gasteiger partial charge in [-0.05, 0) is 19.1 Å².